The molecule has 0 aliphatic heterocycles. The third-order valence-corrected chi connectivity index (χ3v) is 7.19. The number of aliphatic hydroxyl groups is 1. The molecule has 4 N–H and O–H groups in total. The molecule has 2 amide bonds. The maximum atomic E-state index is 12.6. The summed E-state index contributed by atoms with van der Waals surface area (Å²) in [7, 11) is -1.16. The highest BCUT2D eigenvalue weighted by atomic mass is 32.2. The average Bonchev–Trinajstić information content (AvgIpc) is 3.33. The first kappa shape index (κ1) is 18.7. The molecule has 27 heavy (non-hydrogen) atoms. The molecular formula is C18H23N5O2S2. The lowest BCUT2D eigenvalue weighted by molar-refractivity contribution is 0.0778. The minimum absolute atomic E-state index is 0.451. The van der Waals surface area contributed by atoms with Gasteiger partial charge in [0.1, 0.15) is 15.6 Å². The molecule has 0 bridgehead atoms. The van der Waals surface area contributed by atoms with Crippen LogP contribution in [0.2, 0.25) is 0 Å². The van der Waals surface area contributed by atoms with Crippen LogP contribution in [-0.4, -0.2) is 21.1 Å². The number of carbonyl (C=O) groups is 1. The highest BCUT2D eigenvalue weighted by Crippen LogP contribution is 2.36. The Morgan fingerprint density at radius 2 is 1.85 bits per heavy atom. The molecule has 1 atom stereocenters. The zero-order valence-corrected chi connectivity index (χ0v) is 17.0. The van der Waals surface area contributed by atoms with Crippen molar-refractivity contribution in [2.24, 2.45) is 9.50 Å². The molecule has 0 radical (unpaired) electrons. The third kappa shape index (κ3) is 3.69. The van der Waals surface area contributed by atoms with E-state index in [-0.39, 0.29) is 0 Å². The smallest absolute Gasteiger partial charge is 0.352 e. The van der Waals surface area contributed by atoms with Gasteiger partial charge >= 0.3 is 6.03 Å². The van der Waals surface area contributed by atoms with Gasteiger partial charge in [0.2, 0.25) is 0 Å². The van der Waals surface area contributed by atoms with Gasteiger partial charge in [-0.15, -0.1) is 15.7 Å². The normalized spacial score (nSPS) is 17.0. The molecule has 0 saturated carbocycles. The van der Waals surface area contributed by atoms with Gasteiger partial charge in [-0.1, -0.05) is 0 Å². The summed E-state index contributed by atoms with van der Waals surface area (Å²) in [5.41, 5.74) is 4.43. The molecule has 2 aliphatic rings. The Morgan fingerprint density at radius 1 is 1.22 bits per heavy atom. The van der Waals surface area contributed by atoms with Crippen LogP contribution in [0.1, 0.15) is 54.2 Å². The van der Waals surface area contributed by atoms with Gasteiger partial charge in [0, 0.05) is 27.6 Å². The highest BCUT2D eigenvalue weighted by Gasteiger charge is 2.26. The van der Waals surface area contributed by atoms with E-state index in [1.54, 1.807) is 19.2 Å². The molecule has 2 aromatic rings. The summed E-state index contributed by atoms with van der Waals surface area (Å²) in [5.74, 6) is 0. The number of aryl methyl sites for hydroxylation is 2. The fourth-order valence-electron chi connectivity index (χ4n) is 3.64. The third-order valence-electron chi connectivity index (χ3n) is 4.88. The van der Waals surface area contributed by atoms with Crippen LogP contribution in [0.4, 0.5) is 10.5 Å². The van der Waals surface area contributed by atoms with Crippen LogP contribution in [0.5, 0.6) is 0 Å². The molecule has 1 unspecified atom stereocenters. The van der Waals surface area contributed by atoms with E-state index in [2.05, 4.69) is 14.7 Å². The predicted octanol–water partition coefficient (Wildman–Crippen LogP) is 3.01. The molecule has 9 heteroatoms. The van der Waals surface area contributed by atoms with Crippen molar-refractivity contribution in [1.29, 1.82) is 0 Å². The predicted molar refractivity (Wildman–Crippen MR) is 107 cm³/mol. The number of amides is 2. The molecule has 4 rings (SSSR count). The van der Waals surface area contributed by atoms with E-state index in [1.165, 1.54) is 11.3 Å². The van der Waals surface area contributed by atoms with Gasteiger partial charge in [0.25, 0.3) is 0 Å². The Bertz CT molecular complexity index is 914. The summed E-state index contributed by atoms with van der Waals surface area (Å²) < 4.78 is 4.09. The number of nitrogens with two attached hydrogens (primary N) is 1. The standard InChI is InChI=1S/C18H23N5O2S2/c1-18(2,25)16-21-14(9-26-16)27(19)23-17(24)22-15-10-5-3-7-12(10)20-13-8-4-6-11(13)15/h9,25H,3-8H2,1-2H3,(H3,19,20,22,23,24). The van der Waals surface area contributed by atoms with E-state index in [4.69, 9.17) is 10.1 Å². The Kier molecular flexibility index (Phi) is 4.87. The molecule has 2 aromatic heterocycles. The number of urea groups is 1. The van der Waals surface area contributed by atoms with E-state index in [9.17, 15) is 9.90 Å². The molecular weight excluding hydrogens is 382 g/mol. The lowest BCUT2D eigenvalue weighted by Gasteiger charge is -2.14. The van der Waals surface area contributed by atoms with Crippen molar-refractivity contribution >= 4 is 33.9 Å². The van der Waals surface area contributed by atoms with E-state index in [0.29, 0.717) is 10.0 Å². The first-order valence-electron chi connectivity index (χ1n) is 9.06. The maximum absolute atomic E-state index is 12.6. The monoisotopic (exact) mass is 405 g/mol. The second kappa shape index (κ2) is 7.05. The van der Waals surface area contributed by atoms with Gasteiger partial charge in [-0.2, -0.15) is 0 Å². The number of hydrogen-bond donors (Lipinski definition) is 3. The van der Waals surface area contributed by atoms with Gasteiger partial charge in [0.05, 0.1) is 5.69 Å². The number of fused-ring (bicyclic) bond motifs is 2. The van der Waals surface area contributed by atoms with Crippen molar-refractivity contribution < 1.29 is 9.90 Å². The summed E-state index contributed by atoms with van der Waals surface area (Å²) in [6, 6.07) is -0.451. The minimum Gasteiger partial charge on any atom is -0.383 e. The largest absolute Gasteiger partial charge is 0.383 e. The Labute approximate surface area is 164 Å². The minimum atomic E-state index is -1.16. The number of rotatable bonds is 3. The number of hydrogen-bond acceptors (Lipinski definition) is 5. The van der Waals surface area contributed by atoms with Crippen molar-refractivity contribution in [2.45, 2.75) is 63.0 Å². The van der Waals surface area contributed by atoms with Gasteiger partial charge in [-0.3, -0.25) is 10.1 Å². The fraction of sp³-hybridized carbons (Fsp3) is 0.500. The Hall–Kier alpha value is -1.68. The van der Waals surface area contributed by atoms with E-state index in [0.717, 1.165) is 66.7 Å². The first-order chi connectivity index (χ1) is 12.8. The van der Waals surface area contributed by atoms with Crippen molar-refractivity contribution in [1.82, 2.24) is 9.97 Å². The van der Waals surface area contributed by atoms with E-state index in [1.807, 2.05) is 0 Å². The fourth-order valence-corrected chi connectivity index (χ4v) is 5.44. The molecule has 2 aliphatic carbocycles. The van der Waals surface area contributed by atoms with Crippen LogP contribution in [0.25, 0.3) is 0 Å². The van der Waals surface area contributed by atoms with Gasteiger partial charge in [-0.25, -0.2) is 9.78 Å². The van der Waals surface area contributed by atoms with Gasteiger partial charge < -0.3 is 10.4 Å². The Balaban J connectivity index is 1.58. The van der Waals surface area contributed by atoms with Gasteiger partial charge in [0.15, 0.2) is 0 Å². The van der Waals surface area contributed by atoms with Crippen LogP contribution < -0.4 is 10.5 Å². The number of nitrogens with one attached hydrogen (secondary N) is 1. The number of pyridine rings is 1. The average molecular weight is 406 g/mol. The lowest BCUT2D eigenvalue weighted by atomic mass is 10.1. The molecule has 0 saturated heterocycles. The highest BCUT2D eigenvalue weighted by molar-refractivity contribution is 7.85. The van der Waals surface area contributed by atoms with Crippen molar-refractivity contribution in [2.75, 3.05) is 5.32 Å². The molecule has 0 spiro atoms. The zero-order valence-electron chi connectivity index (χ0n) is 15.4. The topological polar surface area (TPSA) is 113 Å². The summed E-state index contributed by atoms with van der Waals surface area (Å²) in [6.07, 6.45) is 5.99. The quantitative estimate of drug-likeness (QED) is 0.726. The van der Waals surface area contributed by atoms with Crippen LogP contribution in [0.15, 0.2) is 14.8 Å². The number of aromatic nitrogens is 2. The second-order valence-electron chi connectivity index (χ2n) is 7.43. The second-order valence-corrected chi connectivity index (χ2v) is 9.52. The summed E-state index contributed by atoms with van der Waals surface area (Å²) >= 11 is 1.31. The van der Waals surface area contributed by atoms with Crippen molar-refractivity contribution in [3.05, 3.63) is 32.9 Å². The van der Waals surface area contributed by atoms with Crippen LogP contribution in [0.3, 0.4) is 0 Å². The number of carbonyl (C=O) groups excluding carboxylic acids is 1. The molecule has 2 heterocycles. The number of thiazole rings is 1. The summed E-state index contributed by atoms with van der Waals surface area (Å²) in [4.78, 5) is 21.7. The van der Waals surface area contributed by atoms with E-state index < -0.39 is 22.5 Å². The molecule has 7 nitrogen and oxygen atoms in total. The molecule has 144 valence electrons. The van der Waals surface area contributed by atoms with Crippen LogP contribution in [0, 0.1) is 0 Å². The maximum Gasteiger partial charge on any atom is 0.352 e. The zero-order chi connectivity index (χ0) is 19.2. The number of anilines is 1. The summed E-state index contributed by atoms with van der Waals surface area (Å²) in [6.45, 7) is 3.33. The van der Waals surface area contributed by atoms with Crippen molar-refractivity contribution in [3.63, 3.8) is 0 Å². The van der Waals surface area contributed by atoms with Crippen LogP contribution >= 0.6 is 11.3 Å². The summed E-state index contributed by atoms with van der Waals surface area (Å²) in [5, 5.41) is 21.9. The first-order valence-corrected chi connectivity index (χ1v) is 11.2. The van der Waals surface area contributed by atoms with Crippen LogP contribution in [-0.2, 0) is 42.2 Å². The van der Waals surface area contributed by atoms with E-state index >= 15 is 0 Å². The van der Waals surface area contributed by atoms with Gasteiger partial charge in [-0.05, 0) is 63.5 Å². The SMILES string of the molecule is CC(C)(O)c1nc(S(N)=NC(=O)Nc2c3c(nc4c2CCC4)CCC3)cs1. The Morgan fingerprint density at radius 3 is 2.41 bits per heavy atom. The number of nitrogens with zero attached hydrogens (tertiary/aromatic N) is 3. The molecule has 0 aromatic carbocycles. The van der Waals surface area contributed by atoms with Crippen molar-refractivity contribution in [3.8, 4) is 0 Å². The lowest BCUT2D eigenvalue weighted by Crippen LogP contribution is -2.17. The molecule has 0 fully saturated rings.